The first-order valence-electron chi connectivity index (χ1n) is 4.55. The van der Waals surface area contributed by atoms with Crippen LogP contribution in [0.3, 0.4) is 0 Å². The Morgan fingerprint density at radius 2 is 1.79 bits per heavy atom. The van der Waals surface area contributed by atoms with E-state index in [1.54, 1.807) is 0 Å². The molecule has 1 nitrogen and oxygen atoms in total. The number of hydrogen-bond acceptors (Lipinski definition) is 0. The minimum atomic E-state index is 0.487. The summed E-state index contributed by atoms with van der Waals surface area (Å²) >= 11 is 11.9. The summed E-state index contributed by atoms with van der Waals surface area (Å²) in [5.74, 6) is 0.487. The fourth-order valence-electron chi connectivity index (χ4n) is 1.62. The first-order chi connectivity index (χ1) is 6.59. The first-order valence-corrected chi connectivity index (χ1v) is 5.31. The van der Waals surface area contributed by atoms with E-state index < -0.39 is 0 Å². The van der Waals surface area contributed by atoms with Crippen LogP contribution >= 0.6 is 23.2 Å². The minimum absolute atomic E-state index is 0.487. The van der Waals surface area contributed by atoms with Crippen LogP contribution in [-0.2, 0) is 0 Å². The van der Waals surface area contributed by atoms with Crippen LogP contribution in [0.4, 0.5) is 0 Å². The zero-order valence-electron chi connectivity index (χ0n) is 8.07. The lowest BCUT2D eigenvalue weighted by Crippen LogP contribution is -1.83. The Hall–Kier alpha value is -0.660. The Morgan fingerprint density at radius 3 is 2.43 bits per heavy atom. The van der Waals surface area contributed by atoms with E-state index in [9.17, 15) is 0 Å². The summed E-state index contributed by atoms with van der Waals surface area (Å²) < 4.78 is 0. The molecule has 0 aliphatic heterocycles. The Labute approximate surface area is 93.0 Å². The van der Waals surface area contributed by atoms with Gasteiger partial charge in [0.15, 0.2) is 0 Å². The largest absolute Gasteiger partial charge is 0.361 e. The molecule has 0 unspecified atom stereocenters. The molecule has 0 saturated heterocycles. The summed E-state index contributed by atoms with van der Waals surface area (Å²) in [5.41, 5.74) is 2.32. The van der Waals surface area contributed by atoms with Gasteiger partial charge in [-0.25, -0.2) is 0 Å². The number of halogens is 2. The lowest BCUT2D eigenvalue weighted by atomic mass is 10.0. The Kier molecular flexibility index (Phi) is 2.46. The number of aromatic amines is 1. The fraction of sp³-hybridized carbons (Fsp3) is 0.273. The van der Waals surface area contributed by atoms with Crippen molar-refractivity contribution in [1.29, 1.82) is 0 Å². The maximum absolute atomic E-state index is 5.98. The molecule has 0 bridgehead atoms. The maximum atomic E-state index is 5.98. The van der Waals surface area contributed by atoms with Gasteiger partial charge in [-0.05, 0) is 23.6 Å². The van der Waals surface area contributed by atoms with Crippen molar-refractivity contribution in [3.05, 3.63) is 33.9 Å². The molecule has 3 heteroatoms. The van der Waals surface area contributed by atoms with E-state index in [2.05, 4.69) is 18.8 Å². The molecule has 0 amide bonds. The Morgan fingerprint density at radius 1 is 1.14 bits per heavy atom. The molecule has 2 rings (SSSR count). The third-order valence-corrected chi connectivity index (χ3v) is 3.10. The highest BCUT2D eigenvalue weighted by atomic mass is 35.5. The van der Waals surface area contributed by atoms with Crippen molar-refractivity contribution in [2.75, 3.05) is 0 Å². The van der Waals surface area contributed by atoms with Crippen molar-refractivity contribution in [2.24, 2.45) is 0 Å². The third-order valence-electron chi connectivity index (χ3n) is 2.38. The molecule has 0 fully saturated rings. The van der Waals surface area contributed by atoms with Crippen LogP contribution in [0.25, 0.3) is 10.9 Å². The molecule has 0 aliphatic carbocycles. The summed E-state index contributed by atoms with van der Waals surface area (Å²) in [4.78, 5) is 3.19. The summed E-state index contributed by atoms with van der Waals surface area (Å²) in [6, 6.07) is 3.79. The van der Waals surface area contributed by atoms with Gasteiger partial charge in [-0.2, -0.15) is 0 Å². The molecule has 14 heavy (non-hydrogen) atoms. The zero-order chi connectivity index (χ0) is 10.3. The second-order valence-electron chi connectivity index (χ2n) is 3.71. The number of fused-ring (bicyclic) bond motifs is 1. The van der Waals surface area contributed by atoms with E-state index in [-0.39, 0.29) is 0 Å². The maximum Gasteiger partial charge on any atom is 0.0613 e. The number of rotatable bonds is 1. The molecule has 2 aromatic rings. The van der Waals surface area contributed by atoms with E-state index in [0.29, 0.717) is 16.0 Å². The van der Waals surface area contributed by atoms with Crippen LogP contribution in [-0.4, -0.2) is 4.98 Å². The van der Waals surface area contributed by atoms with Crippen molar-refractivity contribution < 1.29 is 0 Å². The molecule has 0 spiro atoms. The highest BCUT2D eigenvalue weighted by Crippen LogP contribution is 2.31. The second kappa shape index (κ2) is 3.48. The second-order valence-corrected chi connectivity index (χ2v) is 4.53. The van der Waals surface area contributed by atoms with Gasteiger partial charge in [0.1, 0.15) is 0 Å². The van der Waals surface area contributed by atoms with Gasteiger partial charge in [-0.3, -0.25) is 0 Å². The number of nitrogens with one attached hydrogen (secondary N) is 1. The van der Waals surface area contributed by atoms with Crippen molar-refractivity contribution >= 4 is 34.1 Å². The highest BCUT2D eigenvalue weighted by molar-refractivity contribution is 6.42. The van der Waals surface area contributed by atoms with Crippen molar-refractivity contribution in [3.8, 4) is 0 Å². The summed E-state index contributed by atoms with van der Waals surface area (Å²) in [5, 5.41) is 2.37. The van der Waals surface area contributed by atoms with E-state index >= 15 is 0 Å². The smallest absolute Gasteiger partial charge is 0.0613 e. The highest BCUT2D eigenvalue weighted by Gasteiger charge is 2.09. The summed E-state index contributed by atoms with van der Waals surface area (Å²) in [7, 11) is 0. The van der Waals surface area contributed by atoms with Crippen molar-refractivity contribution in [3.63, 3.8) is 0 Å². The molecule has 74 valence electrons. The van der Waals surface area contributed by atoms with Crippen LogP contribution in [0, 0.1) is 0 Å². The predicted octanol–water partition coefficient (Wildman–Crippen LogP) is 4.60. The number of benzene rings is 1. The molecule has 0 radical (unpaired) electrons. The quantitative estimate of drug-likeness (QED) is 0.734. The molecule has 1 aromatic heterocycles. The monoisotopic (exact) mass is 227 g/mol. The van der Waals surface area contributed by atoms with E-state index in [1.165, 1.54) is 5.56 Å². The zero-order valence-corrected chi connectivity index (χ0v) is 9.58. The standard InChI is InChI=1S/C11H11Cl2N/c1-6(2)8-5-14-11-4-10(13)9(12)3-7(8)11/h3-6,14H,1-2H3. The van der Waals surface area contributed by atoms with Crippen LogP contribution in [0.2, 0.25) is 10.0 Å². The van der Waals surface area contributed by atoms with Crippen LogP contribution in [0.5, 0.6) is 0 Å². The Bertz CT molecular complexity index is 471. The summed E-state index contributed by atoms with van der Waals surface area (Å²) in [6.07, 6.45) is 2.02. The topological polar surface area (TPSA) is 15.8 Å². The molecule has 1 aromatic carbocycles. The third kappa shape index (κ3) is 1.51. The first kappa shape index (κ1) is 9.88. The molecule has 0 atom stereocenters. The van der Waals surface area contributed by atoms with Crippen LogP contribution in [0.15, 0.2) is 18.3 Å². The van der Waals surface area contributed by atoms with Crippen molar-refractivity contribution in [2.45, 2.75) is 19.8 Å². The summed E-state index contributed by atoms with van der Waals surface area (Å²) in [6.45, 7) is 4.32. The normalized spacial score (nSPS) is 11.5. The van der Waals surface area contributed by atoms with Gasteiger partial charge in [-0.1, -0.05) is 37.0 Å². The minimum Gasteiger partial charge on any atom is -0.361 e. The van der Waals surface area contributed by atoms with Gasteiger partial charge in [0.2, 0.25) is 0 Å². The Balaban J connectivity index is 2.74. The van der Waals surface area contributed by atoms with Crippen LogP contribution in [0.1, 0.15) is 25.3 Å². The van der Waals surface area contributed by atoms with Gasteiger partial charge in [-0.15, -0.1) is 0 Å². The molecular weight excluding hydrogens is 217 g/mol. The number of aromatic nitrogens is 1. The number of hydrogen-bond donors (Lipinski definition) is 1. The molecular formula is C11H11Cl2N. The van der Waals surface area contributed by atoms with Crippen molar-refractivity contribution in [1.82, 2.24) is 4.98 Å². The number of H-pyrrole nitrogens is 1. The van der Waals surface area contributed by atoms with Crippen LogP contribution < -0.4 is 0 Å². The SMILES string of the molecule is CC(C)c1c[nH]c2cc(Cl)c(Cl)cc12. The van der Waals surface area contributed by atoms with Gasteiger partial charge < -0.3 is 4.98 Å². The molecule has 0 aliphatic rings. The van der Waals surface area contributed by atoms with Gasteiger partial charge in [0.25, 0.3) is 0 Å². The lowest BCUT2D eigenvalue weighted by molar-refractivity contribution is 0.875. The molecule has 1 N–H and O–H groups in total. The van der Waals surface area contributed by atoms with Gasteiger partial charge in [0, 0.05) is 17.1 Å². The average Bonchev–Trinajstić information content (AvgIpc) is 2.48. The van der Waals surface area contributed by atoms with Gasteiger partial charge in [0.05, 0.1) is 10.0 Å². The molecule has 0 saturated carbocycles. The van der Waals surface area contributed by atoms with E-state index in [1.807, 2.05) is 18.3 Å². The molecule has 1 heterocycles. The van der Waals surface area contributed by atoms with E-state index in [0.717, 1.165) is 10.9 Å². The predicted molar refractivity (Wildman–Crippen MR) is 62.4 cm³/mol. The van der Waals surface area contributed by atoms with Gasteiger partial charge >= 0.3 is 0 Å². The average molecular weight is 228 g/mol. The lowest BCUT2D eigenvalue weighted by Gasteiger charge is -2.03. The van der Waals surface area contributed by atoms with E-state index in [4.69, 9.17) is 23.2 Å². The fourth-order valence-corrected chi connectivity index (χ4v) is 1.94.